The van der Waals surface area contributed by atoms with Crippen LogP contribution in [0.5, 0.6) is 5.75 Å². The number of halogens is 1. The highest BCUT2D eigenvalue weighted by Crippen LogP contribution is 2.16. The zero-order valence-corrected chi connectivity index (χ0v) is 18.2. The maximum atomic E-state index is 12.2. The molecule has 0 aliphatic rings. The summed E-state index contributed by atoms with van der Waals surface area (Å²) in [6.45, 7) is 3.14. The fourth-order valence-corrected chi connectivity index (χ4v) is 3.11. The molecule has 0 saturated carbocycles. The monoisotopic (exact) mass is 441 g/mol. The molecule has 0 radical (unpaired) electrons. The predicted octanol–water partition coefficient (Wildman–Crippen LogP) is 3.56. The second kappa shape index (κ2) is 12.1. The van der Waals surface area contributed by atoms with Crippen molar-refractivity contribution in [1.29, 1.82) is 0 Å². The Morgan fingerprint density at radius 3 is 2.45 bits per heavy atom. The second-order valence-electron chi connectivity index (χ2n) is 7.31. The van der Waals surface area contributed by atoms with E-state index >= 15 is 0 Å². The minimum absolute atomic E-state index is 0. The fourth-order valence-electron chi connectivity index (χ4n) is 3.11. The molecule has 0 fully saturated rings. The van der Waals surface area contributed by atoms with Crippen LogP contribution >= 0.6 is 12.4 Å². The first-order valence-corrected chi connectivity index (χ1v) is 9.97. The second-order valence-corrected chi connectivity index (χ2v) is 7.31. The lowest BCUT2D eigenvalue weighted by molar-refractivity contribution is -0.115. The van der Waals surface area contributed by atoms with Crippen LogP contribution in [-0.2, 0) is 17.6 Å². The lowest BCUT2D eigenvalue weighted by Crippen LogP contribution is -2.23. The first kappa shape index (κ1) is 24.3. The van der Waals surface area contributed by atoms with Crippen molar-refractivity contribution in [1.82, 2.24) is 10.3 Å². The van der Waals surface area contributed by atoms with Crippen LogP contribution in [0, 0.1) is 6.92 Å². The molecule has 3 aromatic rings. The Labute approximate surface area is 188 Å². The molecule has 0 spiro atoms. The largest absolute Gasteiger partial charge is 0.508 e. The molecule has 2 aromatic carbocycles. The van der Waals surface area contributed by atoms with Crippen molar-refractivity contribution in [3.8, 4) is 5.75 Å². The molecule has 164 valence electrons. The third-order valence-electron chi connectivity index (χ3n) is 4.76. The van der Waals surface area contributed by atoms with E-state index in [1.54, 1.807) is 30.5 Å². The molecule has 7 heteroatoms. The van der Waals surface area contributed by atoms with Gasteiger partial charge in [-0.15, -0.1) is 12.4 Å². The van der Waals surface area contributed by atoms with Crippen molar-refractivity contribution in [3.05, 3.63) is 89.2 Å². The normalized spacial score (nSPS) is 11.4. The molecule has 0 saturated heterocycles. The average molecular weight is 442 g/mol. The fraction of sp³-hybridized carbons (Fsp3) is 0.250. The number of carbonyl (C=O) groups is 1. The molecule has 1 aromatic heterocycles. The maximum absolute atomic E-state index is 12.2. The van der Waals surface area contributed by atoms with Gasteiger partial charge in [-0.05, 0) is 73.0 Å². The SMILES string of the molecule is Cc1ccnc(CC(=O)Nc2ccc(CCNCC(O)c3ccc(O)cc3)cc2)c1.Cl. The predicted molar refractivity (Wildman–Crippen MR) is 125 cm³/mol. The molecule has 0 aliphatic carbocycles. The van der Waals surface area contributed by atoms with Crippen molar-refractivity contribution >= 4 is 24.0 Å². The molecule has 31 heavy (non-hydrogen) atoms. The van der Waals surface area contributed by atoms with Crippen LogP contribution in [0.25, 0.3) is 0 Å². The Morgan fingerprint density at radius 2 is 1.77 bits per heavy atom. The van der Waals surface area contributed by atoms with Gasteiger partial charge in [0.25, 0.3) is 0 Å². The highest BCUT2D eigenvalue weighted by Gasteiger charge is 2.07. The number of aromatic nitrogens is 1. The number of anilines is 1. The van der Waals surface area contributed by atoms with Gasteiger partial charge in [0, 0.05) is 24.1 Å². The summed E-state index contributed by atoms with van der Waals surface area (Å²) in [5.41, 5.74) is 4.50. The van der Waals surface area contributed by atoms with E-state index < -0.39 is 6.10 Å². The van der Waals surface area contributed by atoms with Crippen LogP contribution < -0.4 is 10.6 Å². The zero-order chi connectivity index (χ0) is 21.3. The van der Waals surface area contributed by atoms with E-state index in [0.29, 0.717) is 6.54 Å². The summed E-state index contributed by atoms with van der Waals surface area (Å²) in [4.78, 5) is 16.4. The molecule has 1 amide bonds. The average Bonchev–Trinajstić information content (AvgIpc) is 2.72. The number of aliphatic hydroxyl groups is 1. The van der Waals surface area contributed by atoms with Gasteiger partial charge >= 0.3 is 0 Å². The molecule has 4 N–H and O–H groups in total. The van der Waals surface area contributed by atoms with Gasteiger partial charge < -0.3 is 20.8 Å². The van der Waals surface area contributed by atoms with Gasteiger partial charge in [-0.3, -0.25) is 9.78 Å². The molecule has 1 unspecified atom stereocenters. The van der Waals surface area contributed by atoms with Gasteiger partial charge in [0.1, 0.15) is 5.75 Å². The summed E-state index contributed by atoms with van der Waals surface area (Å²) in [6.07, 6.45) is 2.15. The third-order valence-corrected chi connectivity index (χ3v) is 4.76. The number of aromatic hydroxyl groups is 1. The Kier molecular flexibility index (Phi) is 9.46. The lowest BCUT2D eigenvalue weighted by Gasteiger charge is -2.12. The van der Waals surface area contributed by atoms with Crippen molar-refractivity contribution < 1.29 is 15.0 Å². The Balaban J connectivity index is 0.00000341. The first-order valence-electron chi connectivity index (χ1n) is 9.97. The van der Waals surface area contributed by atoms with Crippen molar-refractivity contribution in [2.75, 3.05) is 18.4 Å². The molecular weight excluding hydrogens is 414 g/mol. The van der Waals surface area contributed by atoms with E-state index in [9.17, 15) is 15.0 Å². The number of phenolic OH excluding ortho intramolecular Hbond substituents is 1. The van der Waals surface area contributed by atoms with Crippen LogP contribution in [0.1, 0.15) is 28.5 Å². The summed E-state index contributed by atoms with van der Waals surface area (Å²) in [5, 5.41) is 25.6. The third kappa shape index (κ3) is 8.02. The van der Waals surface area contributed by atoms with E-state index in [-0.39, 0.29) is 30.5 Å². The summed E-state index contributed by atoms with van der Waals surface area (Å²) in [5.74, 6) is 0.0936. The minimum atomic E-state index is -0.619. The van der Waals surface area contributed by atoms with Crippen LogP contribution in [-0.4, -0.2) is 34.2 Å². The van der Waals surface area contributed by atoms with Gasteiger partial charge in [0.2, 0.25) is 5.91 Å². The minimum Gasteiger partial charge on any atom is -0.508 e. The van der Waals surface area contributed by atoms with E-state index in [0.717, 1.165) is 41.0 Å². The number of aliphatic hydroxyl groups excluding tert-OH is 1. The smallest absolute Gasteiger partial charge is 0.230 e. The first-order chi connectivity index (χ1) is 14.5. The van der Waals surface area contributed by atoms with Gasteiger partial charge in [-0.25, -0.2) is 0 Å². The van der Waals surface area contributed by atoms with Crippen molar-refractivity contribution in [3.63, 3.8) is 0 Å². The van der Waals surface area contributed by atoms with Crippen molar-refractivity contribution in [2.45, 2.75) is 25.9 Å². The highest BCUT2D eigenvalue weighted by molar-refractivity contribution is 5.92. The standard InChI is InChI=1S/C24H27N3O3.ClH/c1-17-10-13-26-21(14-17)15-24(30)27-20-6-2-18(3-7-20)11-12-25-16-23(29)19-4-8-22(28)9-5-19;/h2-10,13-14,23,25,28-29H,11-12,15-16H2,1H3,(H,27,30);1H. The van der Waals surface area contributed by atoms with Crippen LogP contribution in [0.3, 0.4) is 0 Å². The molecular formula is C24H28ClN3O3. The molecule has 6 nitrogen and oxygen atoms in total. The van der Waals surface area contributed by atoms with E-state index in [1.165, 1.54) is 0 Å². The zero-order valence-electron chi connectivity index (χ0n) is 17.4. The number of nitrogens with one attached hydrogen (secondary N) is 2. The van der Waals surface area contributed by atoms with Crippen molar-refractivity contribution in [2.24, 2.45) is 0 Å². The Morgan fingerprint density at radius 1 is 1.06 bits per heavy atom. The summed E-state index contributed by atoms with van der Waals surface area (Å²) in [7, 11) is 0. The summed E-state index contributed by atoms with van der Waals surface area (Å²) >= 11 is 0. The van der Waals surface area contributed by atoms with Crippen LogP contribution in [0.4, 0.5) is 5.69 Å². The van der Waals surface area contributed by atoms with E-state index in [4.69, 9.17) is 0 Å². The molecule has 3 rings (SSSR count). The van der Waals surface area contributed by atoms with Crippen LogP contribution in [0.15, 0.2) is 66.9 Å². The number of nitrogens with zero attached hydrogens (tertiary/aromatic N) is 1. The molecule has 0 aliphatic heterocycles. The molecule has 1 atom stereocenters. The number of pyridine rings is 1. The Bertz CT molecular complexity index is 963. The summed E-state index contributed by atoms with van der Waals surface area (Å²) in [6, 6.07) is 18.1. The number of hydrogen-bond donors (Lipinski definition) is 4. The number of carbonyl (C=O) groups excluding carboxylic acids is 1. The van der Waals surface area contributed by atoms with Gasteiger partial charge in [-0.2, -0.15) is 0 Å². The summed E-state index contributed by atoms with van der Waals surface area (Å²) < 4.78 is 0. The highest BCUT2D eigenvalue weighted by atomic mass is 35.5. The van der Waals surface area contributed by atoms with Gasteiger partial charge in [-0.1, -0.05) is 24.3 Å². The lowest BCUT2D eigenvalue weighted by atomic mass is 10.1. The topological polar surface area (TPSA) is 94.5 Å². The number of amides is 1. The molecule has 1 heterocycles. The number of phenols is 1. The number of rotatable bonds is 9. The van der Waals surface area contributed by atoms with Gasteiger partial charge in [0.05, 0.1) is 12.5 Å². The number of aryl methyl sites for hydroxylation is 1. The van der Waals surface area contributed by atoms with Gasteiger partial charge in [0.15, 0.2) is 0 Å². The maximum Gasteiger partial charge on any atom is 0.230 e. The number of benzene rings is 2. The van der Waals surface area contributed by atoms with E-state index in [2.05, 4.69) is 15.6 Å². The van der Waals surface area contributed by atoms with E-state index in [1.807, 2.05) is 43.3 Å². The number of hydrogen-bond acceptors (Lipinski definition) is 5. The van der Waals surface area contributed by atoms with Crippen LogP contribution in [0.2, 0.25) is 0 Å². The molecule has 0 bridgehead atoms. The Hall–Kier alpha value is -2.93. The quantitative estimate of drug-likeness (QED) is 0.381.